The van der Waals surface area contributed by atoms with Crippen LogP contribution in [0.2, 0.25) is 0 Å². The van der Waals surface area contributed by atoms with E-state index in [0.717, 1.165) is 12.8 Å². The molecule has 2 saturated carbocycles. The first-order valence-corrected chi connectivity index (χ1v) is 8.13. The van der Waals surface area contributed by atoms with Gasteiger partial charge in [-0.3, -0.25) is 0 Å². The molecular weight excluding hydrogens is 268 g/mol. The molecule has 0 amide bonds. The molecule has 0 aromatic heterocycles. The van der Waals surface area contributed by atoms with Gasteiger partial charge in [-0.2, -0.15) is 0 Å². The maximum Gasteiger partial charge on any atom is 0.336 e. The average molecular weight is 294 g/mol. The van der Waals surface area contributed by atoms with Crippen molar-refractivity contribution >= 4 is 5.97 Å². The van der Waals surface area contributed by atoms with E-state index >= 15 is 0 Å². The molecule has 5 atom stereocenters. The number of hydrogen-bond acceptors (Lipinski definition) is 4. The molecule has 2 aliphatic carbocycles. The van der Waals surface area contributed by atoms with E-state index in [1.807, 2.05) is 6.92 Å². The first-order valence-electron chi connectivity index (χ1n) is 8.13. The molecule has 0 spiro atoms. The third kappa shape index (κ3) is 1.85. The lowest BCUT2D eigenvalue weighted by Gasteiger charge is -2.56. The Morgan fingerprint density at radius 2 is 2.14 bits per heavy atom. The zero-order valence-electron chi connectivity index (χ0n) is 13.4. The summed E-state index contributed by atoms with van der Waals surface area (Å²) in [5, 5.41) is 11.1. The Morgan fingerprint density at radius 1 is 1.43 bits per heavy atom. The molecule has 2 fully saturated rings. The standard InChI is InChI=1S/C17H26O4/c1-5-20-17-9-12-8-6-7-10(2)16(12,4)14(18)13(17)11(3)15(19)21-17/h10,12,14,18H,5-9H2,1-4H3/t10-,12+,14+,16+,17+/m0/s1. The first-order chi connectivity index (χ1) is 9.86. The lowest BCUT2D eigenvalue weighted by atomic mass is 9.52. The second kappa shape index (κ2) is 4.82. The van der Waals surface area contributed by atoms with E-state index in [0.29, 0.717) is 36.0 Å². The van der Waals surface area contributed by atoms with E-state index in [-0.39, 0.29) is 11.4 Å². The zero-order valence-corrected chi connectivity index (χ0v) is 13.4. The van der Waals surface area contributed by atoms with Gasteiger partial charge in [-0.05, 0) is 32.1 Å². The lowest BCUT2D eigenvalue weighted by Crippen LogP contribution is -2.58. The minimum Gasteiger partial charge on any atom is -0.425 e. The van der Waals surface area contributed by atoms with E-state index in [9.17, 15) is 9.90 Å². The molecule has 0 aromatic rings. The minimum absolute atomic E-state index is 0.191. The van der Waals surface area contributed by atoms with Gasteiger partial charge in [0.05, 0.1) is 6.10 Å². The van der Waals surface area contributed by atoms with Crippen molar-refractivity contribution in [1.82, 2.24) is 0 Å². The van der Waals surface area contributed by atoms with Crippen LogP contribution < -0.4 is 0 Å². The molecule has 3 aliphatic rings. The second-order valence-corrected chi connectivity index (χ2v) is 7.12. The summed E-state index contributed by atoms with van der Waals surface area (Å²) >= 11 is 0. The molecule has 0 saturated heterocycles. The van der Waals surface area contributed by atoms with E-state index in [4.69, 9.17) is 9.47 Å². The molecule has 118 valence electrons. The Labute approximate surface area is 126 Å². The quantitative estimate of drug-likeness (QED) is 0.796. The largest absolute Gasteiger partial charge is 0.425 e. The summed E-state index contributed by atoms with van der Waals surface area (Å²) in [5.41, 5.74) is 1.03. The van der Waals surface area contributed by atoms with Crippen LogP contribution in [0, 0.1) is 17.3 Å². The van der Waals surface area contributed by atoms with Crippen molar-refractivity contribution in [3.05, 3.63) is 11.1 Å². The highest BCUT2D eigenvalue weighted by Gasteiger charge is 2.63. The van der Waals surface area contributed by atoms with Crippen molar-refractivity contribution in [1.29, 1.82) is 0 Å². The minimum atomic E-state index is -1.02. The molecule has 0 unspecified atom stereocenters. The summed E-state index contributed by atoms with van der Waals surface area (Å²) in [7, 11) is 0. The fourth-order valence-electron chi connectivity index (χ4n) is 4.79. The van der Waals surface area contributed by atoms with E-state index in [2.05, 4.69) is 13.8 Å². The summed E-state index contributed by atoms with van der Waals surface area (Å²) in [6.07, 6.45) is 3.38. The zero-order chi connectivity index (χ0) is 15.4. The Balaban J connectivity index is 2.10. The second-order valence-electron chi connectivity index (χ2n) is 7.12. The highest BCUT2D eigenvalue weighted by Crippen LogP contribution is 2.60. The highest BCUT2D eigenvalue weighted by atomic mass is 16.7. The summed E-state index contributed by atoms with van der Waals surface area (Å²) in [6, 6.07) is 0. The summed E-state index contributed by atoms with van der Waals surface area (Å²) in [5.74, 6) is -0.601. The summed E-state index contributed by atoms with van der Waals surface area (Å²) in [6.45, 7) is 8.51. The van der Waals surface area contributed by atoms with Gasteiger partial charge in [0.15, 0.2) is 0 Å². The molecule has 3 rings (SSSR count). The summed E-state index contributed by atoms with van der Waals surface area (Å²) in [4.78, 5) is 12.1. The number of fused-ring (bicyclic) bond motifs is 2. The van der Waals surface area contributed by atoms with Crippen LogP contribution in [0.3, 0.4) is 0 Å². The molecule has 1 N–H and O–H groups in total. The van der Waals surface area contributed by atoms with Gasteiger partial charge in [0, 0.05) is 29.6 Å². The van der Waals surface area contributed by atoms with Crippen LogP contribution in [-0.4, -0.2) is 29.6 Å². The van der Waals surface area contributed by atoms with Crippen molar-refractivity contribution in [2.24, 2.45) is 17.3 Å². The third-order valence-electron chi connectivity index (χ3n) is 6.26. The predicted octanol–water partition coefficient (Wildman–Crippen LogP) is 2.80. The molecule has 1 heterocycles. The van der Waals surface area contributed by atoms with E-state index in [1.165, 1.54) is 6.42 Å². The number of aliphatic hydroxyl groups excluding tert-OH is 1. The topological polar surface area (TPSA) is 55.8 Å². The van der Waals surface area contributed by atoms with Gasteiger partial charge >= 0.3 is 5.97 Å². The van der Waals surface area contributed by atoms with Crippen molar-refractivity contribution in [2.75, 3.05) is 6.61 Å². The molecular formula is C17H26O4. The molecule has 1 aliphatic heterocycles. The van der Waals surface area contributed by atoms with Crippen LogP contribution in [0.5, 0.6) is 0 Å². The number of carbonyl (C=O) groups is 1. The highest BCUT2D eigenvalue weighted by molar-refractivity contribution is 5.92. The number of ether oxygens (including phenoxy) is 2. The number of rotatable bonds is 2. The molecule has 0 radical (unpaired) electrons. The average Bonchev–Trinajstić information content (AvgIpc) is 2.66. The Kier molecular flexibility index (Phi) is 3.45. The van der Waals surface area contributed by atoms with Crippen molar-refractivity contribution in [3.8, 4) is 0 Å². The van der Waals surface area contributed by atoms with Crippen molar-refractivity contribution in [2.45, 2.75) is 65.3 Å². The maximum absolute atomic E-state index is 12.1. The normalized spacial score (nSPS) is 46.1. The van der Waals surface area contributed by atoms with Gasteiger partial charge < -0.3 is 14.6 Å². The van der Waals surface area contributed by atoms with Crippen LogP contribution >= 0.6 is 0 Å². The van der Waals surface area contributed by atoms with Gasteiger partial charge in [-0.1, -0.05) is 26.7 Å². The Bertz CT molecular complexity index is 497. The number of hydrogen-bond donors (Lipinski definition) is 1. The predicted molar refractivity (Wildman–Crippen MR) is 78.4 cm³/mol. The van der Waals surface area contributed by atoms with Gasteiger partial charge in [0.25, 0.3) is 0 Å². The number of carbonyl (C=O) groups excluding carboxylic acids is 1. The third-order valence-corrected chi connectivity index (χ3v) is 6.26. The van der Waals surface area contributed by atoms with Gasteiger partial charge in [0.1, 0.15) is 0 Å². The van der Waals surface area contributed by atoms with Crippen LogP contribution in [-0.2, 0) is 14.3 Å². The van der Waals surface area contributed by atoms with Gasteiger partial charge in [0.2, 0.25) is 5.79 Å². The van der Waals surface area contributed by atoms with Crippen molar-refractivity contribution in [3.63, 3.8) is 0 Å². The molecule has 0 bridgehead atoms. The Hall–Kier alpha value is -0.870. The fourth-order valence-corrected chi connectivity index (χ4v) is 4.79. The van der Waals surface area contributed by atoms with Gasteiger partial charge in [-0.25, -0.2) is 4.79 Å². The SMILES string of the molecule is CCO[C@@]12C[C@H]3CCC[C@H](C)[C@@]3(C)[C@H](O)C1=C(C)C(=O)O2. The van der Waals surface area contributed by atoms with Crippen LogP contribution in [0.4, 0.5) is 0 Å². The number of esters is 1. The van der Waals surface area contributed by atoms with Crippen LogP contribution in [0.1, 0.15) is 53.4 Å². The molecule has 4 heteroatoms. The van der Waals surface area contributed by atoms with E-state index < -0.39 is 11.9 Å². The van der Waals surface area contributed by atoms with Crippen molar-refractivity contribution < 1.29 is 19.4 Å². The monoisotopic (exact) mass is 294 g/mol. The van der Waals surface area contributed by atoms with Gasteiger partial charge in [-0.15, -0.1) is 0 Å². The first kappa shape index (κ1) is 15.0. The van der Waals surface area contributed by atoms with E-state index in [1.54, 1.807) is 6.92 Å². The Morgan fingerprint density at radius 3 is 2.81 bits per heavy atom. The molecule has 0 aromatic carbocycles. The number of aliphatic hydroxyl groups is 1. The maximum atomic E-state index is 12.1. The molecule has 4 nitrogen and oxygen atoms in total. The van der Waals surface area contributed by atoms with Crippen LogP contribution in [0.15, 0.2) is 11.1 Å². The molecule has 21 heavy (non-hydrogen) atoms. The lowest BCUT2D eigenvalue weighted by molar-refractivity contribution is -0.241. The fraction of sp³-hybridized carbons (Fsp3) is 0.824. The summed E-state index contributed by atoms with van der Waals surface area (Å²) < 4.78 is 11.5. The smallest absolute Gasteiger partial charge is 0.336 e. The van der Waals surface area contributed by atoms with Crippen LogP contribution in [0.25, 0.3) is 0 Å².